The molecule has 0 aromatic heterocycles. The van der Waals surface area contributed by atoms with Crippen LogP contribution in [0.25, 0.3) is 0 Å². The van der Waals surface area contributed by atoms with Crippen molar-refractivity contribution in [1.82, 2.24) is 14.7 Å². The van der Waals surface area contributed by atoms with E-state index in [-0.39, 0.29) is 12.1 Å². The van der Waals surface area contributed by atoms with Crippen LogP contribution in [-0.2, 0) is 11.3 Å². The van der Waals surface area contributed by atoms with Gasteiger partial charge in [-0.2, -0.15) is 0 Å². The molecule has 0 spiro atoms. The number of likely N-dealkylation sites (tertiary alicyclic amines) is 2. The normalized spacial score (nSPS) is 23.6. The summed E-state index contributed by atoms with van der Waals surface area (Å²) in [6.45, 7) is 5.52. The minimum absolute atomic E-state index is 0.0309. The lowest BCUT2D eigenvalue weighted by Gasteiger charge is -2.37. The number of piperidine rings is 1. The van der Waals surface area contributed by atoms with E-state index in [0.29, 0.717) is 25.7 Å². The van der Waals surface area contributed by atoms with Gasteiger partial charge < -0.3 is 19.9 Å². The molecule has 4 rings (SSSR count). The van der Waals surface area contributed by atoms with Crippen LogP contribution in [0.2, 0.25) is 0 Å². The maximum atomic E-state index is 12.7. The molecule has 3 amide bonds. The Balaban J connectivity index is 1.34. The Morgan fingerprint density at radius 3 is 2.78 bits per heavy atom. The largest absolute Gasteiger partial charge is 0.448 e. The quantitative estimate of drug-likeness (QED) is 0.883. The van der Waals surface area contributed by atoms with E-state index in [0.717, 1.165) is 30.8 Å². The van der Waals surface area contributed by atoms with E-state index in [4.69, 9.17) is 4.74 Å². The lowest BCUT2D eigenvalue weighted by Crippen LogP contribution is -2.50. The summed E-state index contributed by atoms with van der Waals surface area (Å²) in [5.41, 5.74) is 1.76. The van der Waals surface area contributed by atoms with Crippen molar-refractivity contribution >= 4 is 17.8 Å². The van der Waals surface area contributed by atoms with Crippen LogP contribution in [0.5, 0.6) is 0 Å². The maximum Gasteiger partial charge on any atom is 0.410 e. The molecule has 0 aliphatic carbocycles. The minimum Gasteiger partial charge on any atom is -0.448 e. The molecular weight excluding hydrogens is 344 g/mol. The molecule has 3 fully saturated rings. The Morgan fingerprint density at radius 1 is 1.15 bits per heavy atom. The SMILES string of the molecule is O=C(Nc1cccc(CN2CCOC2=O)c1)N1CCC[C@H](N2CCCC2)C1. The molecule has 3 saturated heterocycles. The number of nitrogens with one attached hydrogen (secondary N) is 1. The molecule has 1 N–H and O–H groups in total. The second kappa shape index (κ2) is 8.17. The van der Waals surface area contributed by atoms with E-state index in [1.807, 2.05) is 29.2 Å². The van der Waals surface area contributed by atoms with Crippen molar-refractivity contribution in [1.29, 1.82) is 0 Å². The van der Waals surface area contributed by atoms with Crippen molar-refractivity contribution < 1.29 is 14.3 Å². The Morgan fingerprint density at radius 2 is 2.00 bits per heavy atom. The highest BCUT2D eigenvalue weighted by Crippen LogP contribution is 2.21. The van der Waals surface area contributed by atoms with Gasteiger partial charge in [0.2, 0.25) is 0 Å². The second-order valence-electron chi connectivity index (χ2n) is 7.65. The fourth-order valence-electron chi connectivity index (χ4n) is 4.28. The molecule has 0 unspecified atom stereocenters. The predicted octanol–water partition coefficient (Wildman–Crippen LogP) is 2.73. The molecule has 0 saturated carbocycles. The van der Waals surface area contributed by atoms with E-state index in [1.165, 1.54) is 32.4 Å². The summed E-state index contributed by atoms with van der Waals surface area (Å²) in [4.78, 5) is 30.5. The van der Waals surface area contributed by atoms with E-state index >= 15 is 0 Å². The van der Waals surface area contributed by atoms with Crippen LogP contribution in [-0.4, -0.2) is 72.2 Å². The summed E-state index contributed by atoms with van der Waals surface area (Å²) >= 11 is 0. The van der Waals surface area contributed by atoms with Crippen molar-refractivity contribution in [2.75, 3.05) is 44.6 Å². The van der Waals surface area contributed by atoms with Gasteiger partial charge in [-0.25, -0.2) is 9.59 Å². The number of nitrogens with zero attached hydrogens (tertiary/aromatic N) is 3. The number of carbonyl (C=O) groups excluding carboxylic acids is 2. The van der Waals surface area contributed by atoms with Crippen LogP contribution in [0, 0.1) is 0 Å². The second-order valence-corrected chi connectivity index (χ2v) is 7.65. The highest BCUT2D eigenvalue weighted by molar-refractivity contribution is 5.89. The lowest BCUT2D eigenvalue weighted by atomic mass is 10.0. The summed E-state index contributed by atoms with van der Waals surface area (Å²) in [6, 6.07) is 8.18. The molecule has 3 aliphatic rings. The van der Waals surface area contributed by atoms with Gasteiger partial charge >= 0.3 is 12.1 Å². The molecule has 0 radical (unpaired) electrons. The molecule has 0 bridgehead atoms. The highest BCUT2D eigenvalue weighted by Gasteiger charge is 2.29. The first-order valence-corrected chi connectivity index (χ1v) is 10.00. The van der Waals surface area contributed by atoms with Gasteiger partial charge in [-0.05, 0) is 56.5 Å². The van der Waals surface area contributed by atoms with Gasteiger partial charge in [0.1, 0.15) is 6.61 Å². The first-order valence-electron chi connectivity index (χ1n) is 10.00. The minimum atomic E-state index is -0.272. The van der Waals surface area contributed by atoms with Crippen LogP contribution in [0.1, 0.15) is 31.2 Å². The Hall–Kier alpha value is -2.28. The number of cyclic esters (lactones) is 1. The monoisotopic (exact) mass is 372 g/mol. The topological polar surface area (TPSA) is 65.1 Å². The van der Waals surface area contributed by atoms with Crippen LogP contribution in [0.4, 0.5) is 15.3 Å². The van der Waals surface area contributed by atoms with Gasteiger partial charge in [0.05, 0.1) is 6.54 Å². The van der Waals surface area contributed by atoms with Crippen LogP contribution >= 0.6 is 0 Å². The Bertz CT molecular complexity index is 690. The predicted molar refractivity (Wildman–Crippen MR) is 103 cm³/mol. The highest BCUT2D eigenvalue weighted by atomic mass is 16.6. The van der Waals surface area contributed by atoms with Crippen LogP contribution in [0.3, 0.4) is 0 Å². The van der Waals surface area contributed by atoms with Crippen LogP contribution < -0.4 is 5.32 Å². The summed E-state index contributed by atoms with van der Waals surface area (Å²) in [6.07, 6.45) is 4.53. The molecule has 3 heterocycles. The number of ether oxygens (including phenoxy) is 1. The van der Waals surface area contributed by atoms with Gasteiger partial charge in [0.25, 0.3) is 0 Å². The van der Waals surface area contributed by atoms with Crippen molar-refractivity contribution in [3.8, 4) is 0 Å². The van der Waals surface area contributed by atoms with Gasteiger partial charge in [0.15, 0.2) is 0 Å². The number of rotatable bonds is 4. The maximum absolute atomic E-state index is 12.7. The summed E-state index contributed by atoms with van der Waals surface area (Å²) in [7, 11) is 0. The zero-order chi connectivity index (χ0) is 18.6. The van der Waals surface area contributed by atoms with Gasteiger partial charge in [-0.1, -0.05) is 12.1 Å². The first-order chi connectivity index (χ1) is 13.2. The van der Waals surface area contributed by atoms with E-state index < -0.39 is 0 Å². The number of anilines is 1. The molecule has 7 heteroatoms. The van der Waals surface area contributed by atoms with E-state index in [2.05, 4.69) is 10.2 Å². The molecular formula is C20H28N4O3. The summed E-state index contributed by atoms with van der Waals surface area (Å²) < 4.78 is 4.97. The molecule has 27 heavy (non-hydrogen) atoms. The van der Waals surface area contributed by atoms with Crippen LogP contribution in [0.15, 0.2) is 24.3 Å². The number of urea groups is 1. The number of benzene rings is 1. The third-order valence-corrected chi connectivity index (χ3v) is 5.74. The van der Waals surface area contributed by atoms with Crippen molar-refractivity contribution in [3.63, 3.8) is 0 Å². The summed E-state index contributed by atoms with van der Waals surface area (Å²) in [5.74, 6) is 0. The third-order valence-electron chi connectivity index (χ3n) is 5.74. The number of hydrogen-bond donors (Lipinski definition) is 1. The average molecular weight is 372 g/mol. The van der Waals surface area contributed by atoms with E-state index in [9.17, 15) is 9.59 Å². The molecule has 1 aromatic carbocycles. The zero-order valence-electron chi connectivity index (χ0n) is 15.7. The Kier molecular flexibility index (Phi) is 5.48. The number of carbonyl (C=O) groups is 2. The number of amides is 3. The average Bonchev–Trinajstić information content (AvgIpc) is 3.35. The molecule has 1 atom stereocenters. The molecule has 146 valence electrons. The molecule has 1 aromatic rings. The fraction of sp³-hybridized carbons (Fsp3) is 0.600. The van der Waals surface area contributed by atoms with Crippen molar-refractivity contribution in [2.24, 2.45) is 0 Å². The number of hydrogen-bond acceptors (Lipinski definition) is 4. The zero-order valence-corrected chi connectivity index (χ0v) is 15.7. The van der Waals surface area contributed by atoms with E-state index in [1.54, 1.807) is 4.90 Å². The van der Waals surface area contributed by atoms with Gasteiger partial charge in [-0.15, -0.1) is 0 Å². The molecule has 3 aliphatic heterocycles. The first kappa shape index (κ1) is 18.1. The van der Waals surface area contributed by atoms with Gasteiger partial charge in [0, 0.05) is 31.4 Å². The fourth-order valence-corrected chi connectivity index (χ4v) is 4.28. The van der Waals surface area contributed by atoms with Gasteiger partial charge in [-0.3, -0.25) is 4.90 Å². The third kappa shape index (κ3) is 4.35. The van der Waals surface area contributed by atoms with Crippen molar-refractivity contribution in [2.45, 2.75) is 38.3 Å². The van der Waals surface area contributed by atoms with Crippen molar-refractivity contribution in [3.05, 3.63) is 29.8 Å². The summed E-state index contributed by atoms with van der Waals surface area (Å²) in [5, 5.41) is 3.03. The smallest absolute Gasteiger partial charge is 0.410 e. The standard InChI is InChI=1S/C20H28N4O3/c25-19(23-10-4-7-18(15-23)22-8-1-2-9-22)21-17-6-3-5-16(13-17)14-24-11-12-27-20(24)26/h3,5-6,13,18H,1-2,4,7-12,14-15H2,(H,21,25)/t18-/m0/s1. The lowest BCUT2D eigenvalue weighted by molar-refractivity contribution is 0.132. The Labute approximate surface area is 160 Å². The molecule has 7 nitrogen and oxygen atoms in total.